The summed E-state index contributed by atoms with van der Waals surface area (Å²) >= 11 is 0. The third-order valence-corrected chi connectivity index (χ3v) is 7.85. The van der Waals surface area contributed by atoms with Crippen LogP contribution in [-0.4, -0.2) is 34.3 Å². The van der Waals surface area contributed by atoms with Crippen molar-refractivity contribution in [2.45, 2.75) is 19.8 Å². The van der Waals surface area contributed by atoms with E-state index in [9.17, 15) is 0 Å². The number of aromatic nitrogens is 3. The van der Waals surface area contributed by atoms with E-state index >= 15 is 0 Å². The highest BCUT2D eigenvalue weighted by molar-refractivity contribution is 7.30. The second kappa shape index (κ2) is 8.77. The molecule has 172 valence electrons. The number of anilines is 3. The Bertz CT molecular complexity index is 1370. The molecule has 2 aliphatic rings. The molecule has 0 spiro atoms. The second-order valence-corrected chi connectivity index (χ2v) is 10.2. The summed E-state index contributed by atoms with van der Waals surface area (Å²) in [5.41, 5.74) is 4.12. The van der Waals surface area contributed by atoms with Gasteiger partial charge in [0.2, 0.25) is 0 Å². The molecule has 6 rings (SSSR count). The topological polar surface area (TPSA) is 54.7 Å². The lowest BCUT2D eigenvalue weighted by Gasteiger charge is -2.20. The number of fused-ring (bicyclic) bond motifs is 2. The number of nitrogens with zero attached hydrogens (tertiary/aromatic N) is 4. The molecular weight excluding hydrogens is 441 g/mol. The monoisotopic (exact) mass is 469 g/mol. The van der Waals surface area contributed by atoms with Crippen LogP contribution in [0.2, 0.25) is 0 Å². The number of benzene rings is 1. The van der Waals surface area contributed by atoms with Crippen LogP contribution in [0.4, 0.5) is 17.3 Å². The van der Waals surface area contributed by atoms with Crippen molar-refractivity contribution in [3.63, 3.8) is 0 Å². The van der Waals surface area contributed by atoms with Gasteiger partial charge in [-0.2, -0.15) is 0 Å². The molecule has 1 aliphatic heterocycles. The van der Waals surface area contributed by atoms with Crippen LogP contribution in [0.3, 0.4) is 0 Å². The molecule has 1 aliphatic carbocycles. The fourth-order valence-corrected chi connectivity index (χ4v) is 5.93. The SMILES string of the molecule is CC/C=C(/OC)c1cccc(-c2cc(Nc3cccc(N4CC5CC5C4)n3)c3nccn3p2)c1. The summed E-state index contributed by atoms with van der Waals surface area (Å²) in [6, 6.07) is 17.0. The Morgan fingerprint density at radius 1 is 1.18 bits per heavy atom. The number of allylic oxidation sites excluding steroid dienone is 1. The molecule has 2 unspecified atom stereocenters. The molecule has 0 amide bonds. The summed E-state index contributed by atoms with van der Waals surface area (Å²) in [6.45, 7) is 4.39. The summed E-state index contributed by atoms with van der Waals surface area (Å²) in [5.74, 6) is 4.57. The van der Waals surface area contributed by atoms with Gasteiger partial charge in [-0.25, -0.2) is 9.97 Å². The van der Waals surface area contributed by atoms with Crippen LogP contribution in [0, 0.1) is 11.8 Å². The lowest BCUT2D eigenvalue weighted by atomic mass is 10.1. The van der Waals surface area contributed by atoms with Crippen LogP contribution in [0.15, 0.2) is 67.0 Å². The molecule has 1 saturated carbocycles. The van der Waals surface area contributed by atoms with E-state index in [4.69, 9.17) is 9.72 Å². The van der Waals surface area contributed by atoms with Gasteiger partial charge in [0.15, 0.2) is 5.65 Å². The molecule has 4 heterocycles. The number of nitrogens with one attached hydrogen (secondary N) is 1. The Labute approximate surface area is 201 Å². The highest BCUT2D eigenvalue weighted by Crippen LogP contribution is 2.46. The van der Waals surface area contributed by atoms with Gasteiger partial charge in [0.1, 0.15) is 17.4 Å². The minimum absolute atomic E-state index is 0.845. The molecule has 3 aromatic heterocycles. The number of piperidine rings is 1. The average Bonchev–Trinajstić information content (AvgIpc) is 3.24. The van der Waals surface area contributed by atoms with E-state index in [1.807, 2.05) is 18.5 Å². The fourth-order valence-electron chi connectivity index (χ4n) is 4.88. The first kappa shape index (κ1) is 21.2. The highest BCUT2D eigenvalue weighted by Gasteiger charge is 2.45. The van der Waals surface area contributed by atoms with E-state index in [0.29, 0.717) is 0 Å². The minimum Gasteiger partial charge on any atom is -0.496 e. The van der Waals surface area contributed by atoms with E-state index in [1.165, 1.54) is 11.7 Å². The number of methoxy groups -OCH3 is 1. The largest absolute Gasteiger partial charge is 0.496 e. The minimum atomic E-state index is 0.845. The molecule has 2 atom stereocenters. The summed E-state index contributed by atoms with van der Waals surface area (Å²) in [5, 5.41) is 4.75. The van der Waals surface area contributed by atoms with Gasteiger partial charge < -0.3 is 15.0 Å². The Kier molecular flexibility index (Phi) is 5.46. The van der Waals surface area contributed by atoms with Crippen molar-refractivity contribution in [1.29, 1.82) is 0 Å². The number of hydrogen-bond acceptors (Lipinski definition) is 5. The Morgan fingerprint density at radius 2 is 2.03 bits per heavy atom. The van der Waals surface area contributed by atoms with Crippen molar-refractivity contribution >= 4 is 37.1 Å². The maximum Gasteiger partial charge on any atom is 0.164 e. The normalized spacial score (nSPS) is 19.6. The van der Waals surface area contributed by atoms with Crippen LogP contribution >= 0.6 is 8.35 Å². The number of pyridine rings is 1. The molecule has 1 N–H and O–H groups in total. The first-order valence-electron chi connectivity index (χ1n) is 11.9. The molecule has 1 saturated heterocycles. The quantitative estimate of drug-likeness (QED) is 0.310. The van der Waals surface area contributed by atoms with Gasteiger partial charge in [-0.15, -0.1) is 0 Å². The van der Waals surface area contributed by atoms with Gasteiger partial charge >= 0.3 is 0 Å². The zero-order chi connectivity index (χ0) is 23.1. The fraction of sp³-hybridized carbons (Fsp3) is 0.296. The van der Waals surface area contributed by atoms with Gasteiger partial charge in [0.05, 0.1) is 12.8 Å². The first-order chi connectivity index (χ1) is 16.7. The van der Waals surface area contributed by atoms with Crippen molar-refractivity contribution in [3.8, 4) is 10.9 Å². The predicted molar refractivity (Wildman–Crippen MR) is 140 cm³/mol. The van der Waals surface area contributed by atoms with E-state index in [0.717, 1.165) is 79.6 Å². The Hall–Kier alpha value is -3.37. The van der Waals surface area contributed by atoms with E-state index in [1.54, 1.807) is 7.11 Å². The number of rotatable bonds is 7. The van der Waals surface area contributed by atoms with E-state index < -0.39 is 0 Å². The molecule has 2 fully saturated rings. The third-order valence-electron chi connectivity index (χ3n) is 6.71. The van der Waals surface area contributed by atoms with E-state index in [2.05, 4.69) is 74.8 Å². The smallest absolute Gasteiger partial charge is 0.164 e. The van der Waals surface area contributed by atoms with Crippen molar-refractivity contribution in [3.05, 3.63) is 72.6 Å². The molecule has 0 bridgehead atoms. The van der Waals surface area contributed by atoms with Gasteiger partial charge in [-0.1, -0.05) is 31.2 Å². The zero-order valence-corrected chi connectivity index (χ0v) is 20.4. The van der Waals surface area contributed by atoms with Crippen molar-refractivity contribution in [1.82, 2.24) is 14.1 Å². The summed E-state index contributed by atoms with van der Waals surface area (Å²) < 4.78 is 7.77. The number of imidazole rings is 1. The summed E-state index contributed by atoms with van der Waals surface area (Å²) in [4.78, 5) is 12.0. The molecule has 0 radical (unpaired) electrons. The van der Waals surface area contributed by atoms with Crippen LogP contribution in [0.1, 0.15) is 25.3 Å². The zero-order valence-electron chi connectivity index (χ0n) is 19.5. The number of hydrogen-bond donors (Lipinski definition) is 1. The third kappa shape index (κ3) is 4.03. The average molecular weight is 470 g/mol. The van der Waals surface area contributed by atoms with Gasteiger partial charge in [0, 0.05) is 44.7 Å². The molecule has 7 heteroatoms. The standard InChI is InChI=1S/C27H28N5OP/c1-3-6-23(33-2)18-7-4-8-19(13-18)24-15-22(27-28-11-12-32(27)34-24)29-25-9-5-10-26(30-25)31-16-20-14-21(20)17-31/h4-13,15,20-21H,3,14,16-17H2,1-2H3,(H,29,30)/b23-6+. The van der Waals surface area contributed by atoms with Crippen LogP contribution in [0.5, 0.6) is 0 Å². The Morgan fingerprint density at radius 3 is 2.85 bits per heavy atom. The molecule has 1 aromatic carbocycles. The van der Waals surface area contributed by atoms with Crippen molar-refractivity contribution in [2.75, 3.05) is 30.4 Å². The predicted octanol–water partition coefficient (Wildman–Crippen LogP) is 6.57. The lowest BCUT2D eigenvalue weighted by molar-refractivity contribution is 0.369. The first-order valence-corrected chi connectivity index (χ1v) is 12.7. The highest BCUT2D eigenvalue weighted by atomic mass is 31.0. The summed E-state index contributed by atoms with van der Waals surface area (Å²) in [7, 11) is 2.80. The molecule has 6 nitrogen and oxygen atoms in total. The summed E-state index contributed by atoms with van der Waals surface area (Å²) in [6.07, 6.45) is 8.31. The second-order valence-electron chi connectivity index (χ2n) is 9.07. The van der Waals surface area contributed by atoms with Crippen LogP contribution < -0.4 is 10.2 Å². The van der Waals surface area contributed by atoms with Crippen LogP contribution in [-0.2, 0) is 4.74 Å². The maximum absolute atomic E-state index is 5.62. The van der Waals surface area contributed by atoms with Gasteiger partial charge in [0.25, 0.3) is 0 Å². The molecule has 34 heavy (non-hydrogen) atoms. The Balaban J connectivity index is 1.34. The van der Waals surface area contributed by atoms with Gasteiger partial charge in [-0.05, 0) is 60.6 Å². The maximum atomic E-state index is 5.62. The van der Waals surface area contributed by atoms with Gasteiger partial charge in [-0.3, -0.25) is 4.16 Å². The van der Waals surface area contributed by atoms with Crippen molar-refractivity contribution < 1.29 is 4.74 Å². The van der Waals surface area contributed by atoms with Crippen molar-refractivity contribution in [2.24, 2.45) is 11.8 Å². The molecular formula is C27H28N5OP. The number of ether oxygens (including phenoxy) is 1. The van der Waals surface area contributed by atoms with Crippen LogP contribution in [0.25, 0.3) is 22.3 Å². The lowest BCUT2D eigenvalue weighted by Crippen LogP contribution is -2.22. The molecule has 4 aromatic rings. The van der Waals surface area contributed by atoms with E-state index in [-0.39, 0.29) is 0 Å².